The highest BCUT2D eigenvalue weighted by molar-refractivity contribution is 6.08. The second-order valence-electron chi connectivity index (χ2n) is 9.97. The number of aryl methyl sites for hydroxylation is 1. The molecule has 0 bridgehead atoms. The number of rotatable bonds is 5. The van der Waals surface area contributed by atoms with Crippen LogP contribution in [0.4, 0.5) is 11.5 Å². The number of anilines is 2. The van der Waals surface area contributed by atoms with Crippen LogP contribution in [0.3, 0.4) is 0 Å². The number of amides is 2. The molecule has 0 atom stereocenters. The third kappa shape index (κ3) is 4.22. The van der Waals surface area contributed by atoms with Gasteiger partial charge in [0.25, 0.3) is 11.8 Å². The smallest absolute Gasteiger partial charge is 0.253 e. The van der Waals surface area contributed by atoms with Crippen molar-refractivity contribution in [2.75, 3.05) is 24.1 Å². The van der Waals surface area contributed by atoms with Gasteiger partial charge in [0, 0.05) is 42.5 Å². The minimum atomic E-state index is -0.0350. The Hall–Kier alpha value is -4.46. The molecule has 1 aliphatic heterocycles. The summed E-state index contributed by atoms with van der Waals surface area (Å²) in [6.07, 6.45) is 8.43. The van der Waals surface area contributed by atoms with Crippen LogP contribution in [0, 0.1) is 0 Å². The normalized spacial score (nSPS) is 15.2. The molecule has 6 rings (SSSR count). The van der Waals surface area contributed by atoms with E-state index in [0.29, 0.717) is 11.4 Å². The second kappa shape index (κ2) is 9.78. The Balaban J connectivity index is 1.39. The summed E-state index contributed by atoms with van der Waals surface area (Å²) >= 11 is 0. The van der Waals surface area contributed by atoms with Crippen molar-refractivity contribution in [2.24, 2.45) is 7.05 Å². The first-order valence-corrected chi connectivity index (χ1v) is 13.1. The number of hydrogen-bond acceptors (Lipinski definition) is 5. The summed E-state index contributed by atoms with van der Waals surface area (Å²) < 4.78 is 2.02. The highest BCUT2D eigenvalue weighted by Gasteiger charge is 2.23. The molecule has 0 radical (unpaired) electrons. The van der Waals surface area contributed by atoms with Crippen LogP contribution in [0.15, 0.2) is 66.5 Å². The first-order valence-electron chi connectivity index (χ1n) is 13.1. The zero-order chi connectivity index (χ0) is 26.2. The van der Waals surface area contributed by atoms with E-state index < -0.39 is 0 Å². The summed E-state index contributed by atoms with van der Waals surface area (Å²) in [4.78, 5) is 36.1. The maximum atomic E-state index is 12.9. The van der Waals surface area contributed by atoms with Gasteiger partial charge in [-0.1, -0.05) is 30.3 Å². The van der Waals surface area contributed by atoms with Crippen LogP contribution in [-0.4, -0.2) is 44.3 Å². The van der Waals surface area contributed by atoms with E-state index in [9.17, 15) is 9.59 Å². The van der Waals surface area contributed by atoms with Gasteiger partial charge in [0.1, 0.15) is 17.8 Å². The van der Waals surface area contributed by atoms with Gasteiger partial charge in [-0.15, -0.1) is 0 Å². The largest absolute Gasteiger partial charge is 0.383 e. The predicted octanol–water partition coefficient (Wildman–Crippen LogP) is 5.17. The molecule has 0 unspecified atom stereocenters. The highest BCUT2D eigenvalue weighted by atomic mass is 16.2. The van der Waals surface area contributed by atoms with E-state index in [2.05, 4.69) is 15.3 Å². The number of nitrogens with one attached hydrogen (secondary N) is 1. The van der Waals surface area contributed by atoms with Gasteiger partial charge in [-0.05, 0) is 67.5 Å². The van der Waals surface area contributed by atoms with Crippen LogP contribution in [-0.2, 0) is 11.8 Å². The van der Waals surface area contributed by atoms with Crippen LogP contribution in [0.1, 0.15) is 42.5 Å². The van der Waals surface area contributed by atoms with Gasteiger partial charge < -0.3 is 20.5 Å². The van der Waals surface area contributed by atoms with E-state index in [1.165, 1.54) is 6.33 Å². The number of benzene rings is 2. The molecule has 0 saturated carbocycles. The molecule has 8 nitrogen and oxygen atoms in total. The Bertz CT molecular complexity index is 1560. The van der Waals surface area contributed by atoms with Crippen LogP contribution in [0.25, 0.3) is 33.4 Å². The number of nitrogen functional groups attached to an aromatic ring is 1. The van der Waals surface area contributed by atoms with Crippen LogP contribution >= 0.6 is 0 Å². The van der Waals surface area contributed by atoms with Crippen molar-refractivity contribution < 1.29 is 9.59 Å². The fourth-order valence-electron chi connectivity index (χ4n) is 5.58. The van der Waals surface area contributed by atoms with Gasteiger partial charge in [0.2, 0.25) is 0 Å². The Morgan fingerprint density at radius 1 is 0.921 bits per heavy atom. The van der Waals surface area contributed by atoms with Crippen molar-refractivity contribution in [1.29, 1.82) is 0 Å². The Labute approximate surface area is 221 Å². The number of allylic oxidation sites excluding steroid dienone is 1. The highest BCUT2D eigenvalue weighted by Crippen LogP contribution is 2.41. The molecular weight excluding hydrogens is 476 g/mol. The Kier molecular flexibility index (Phi) is 6.15. The van der Waals surface area contributed by atoms with Crippen molar-refractivity contribution in [3.05, 3.63) is 72.1 Å². The molecule has 2 aromatic heterocycles. The summed E-state index contributed by atoms with van der Waals surface area (Å²) in [6, 6.07) is 15.5. The molecule has 2 aliphatic rings. The molecular formula is C30H30N6O2. The number of carbonyl (C=O) groups is 2. The Morgan fingerprint density at radius 3 is 2.32 bits per heavy atom. The molecule has 3 N–H and O–H groups in total. The molecule has 1 fully saturated rings. The van der Waals surface area contributed by atoms with E-state index in [0.717, 1.165) is 89.9 Å². The van der Waals surface area contributed by atoms with E-state index in [1.807, 2.05) is 71.1 Å². The summed E-state index contributed by atoms with van der Waals surface area (Å²) in [5.74, 6) is 0.436. The van der Waals surface area contributed by atoms with Crippen molar-refractivity contribution >= 4 is 34.4 Å². The lowest BCUT2D eigenvalue weighted by Gasteiger charge is -2.15. The third-order valence-electron chi connectivity index (χ3n) is 7.56. The minimum Gasteiger partial charge on any atom is -0.383 e. The third-order valence-corrected chi connectivity index (χ3v) is 7.56. The standard InChI is InChI=1S/C30H30N6O2/c1-35-26(20-12-14-23(15-13-20)34-29(37)21-6-2-3-7-21)24(25-27(31)32-18-33-28(25)35)19-8-10-22(11-9-19)30(38)36-16-4-5-17-36/h6,8-15,18H,2-5,7,16-17H2,1H3,(H,34,37)(H2,31,32,33). The van der Waals surface area contributed by atoms with Crippen molar-refractivity contribution in [2.45, 2.75) is 32.1 Å². The van der Waals surface area contributed by atoms with E-state index in [-0.39, 0.29) is 11.8 Å². The number of fused-ring (bicyclic) bond motifs is 1. The molecule has 1 saturated heterocycles. The first kappa shape index (κ1) is 23.9. The van der Waals surface area contributed by atoms with E-state index >= 15 is 0 Å². The SMILES string of the molecule is Cn1c(-c2ccc(NC(=O)C3=CCCC3)cc2)c(-c2ccc(C(=O)N3CCCC3)cc2)c2c(N)ncnc21. The maximum absolute atomic E-state index is 12.9. The lowest BCUT2D eigenvalue weighted by Crippen LogP contribution is -2.27. The van der Waals surface area contributed by atoms with Crippen molar-refractivity contribution in [1.82, 2.24) is 19.4 Å². The Morgan fingerprint density at radius 2 is 1.63 bits per heavy atom. The van der Waals surface area contributed by atoms with E-state index in [4.69, 9.17) is 5.73 Å². The second-order valence-corrected chi connectivity index (χ2v) is 9.97. The van der Waals surface area contributed by atoms with Crippen LogP contribution in [0.5, 0.6) is 0 Å². The summed E-state index contributed by atoms with van der Waals surface area (Å²) in [7, 11) is 1.96. The molecule has 0 spiro atoms. The molecule has 38 heavy (non-hydrogen) atoms. The quantitative estimate of drug-likeness (QED) is 0.388. The molecule has 8 heteroatoms. The zero-order valence-corrected chi connectivity index (χ0v) is 21.4. The molecule has 3 heterocycles. The predicted molar refractivity (Wildman–Crippen MR) is 149 cm³/mol. The number of nitrogens with zero attached hydrogens (tertiary/aromatic N) is 4. The van der Waals surface area contributed by atoms with Gasteiger partial charge in [-0.25, -0.2) is 9.97 Å². The molecule has 4 aromatic rings. The summed E-state index contributed by atoms with van der Waals surface area (Å²) in [5, 5.41) is 3.78. The number of carbonyl (C=O) groups excluding carboxylic acids is 2. The van der Waals surface area contributed by atoms with Crippen molar-refractivity contribution in [3.8, 4) is 22.4 Å². The first-order chi connectivity index (χ1) is 18.5. The average molecular weight is 507 g/mol. The number of hydrogen-bond donors (Lipinski definition) is 2. The topological polar surface area (TPSA) is 106 Å². The van der Waals surface area contributed by atoms with E-state index in [1.54, 1.807) is 0 Å². The molecule has 1 aliphatic carbocycles. The fraction of sp³-hybridized carbons (Fsp3) is 0.267. The molecule has 2 aromatic carbocycles. The lowest BCUT2D eigenvalue weighted by molar-refractivity contribution is -0.112. The van der Waals surface area contributed by atoms with Crippen molar-refractivity contribution in [3.63, 3.8) is 0 Å². The fourth-order valence-corrected chi connectivity index (χ4v) is 5.58. The maximum Gasteiger partial charge on any atom is 0.253 e. The minimum absolute atomic E-state index is 0.0350. The number of aromatic nitrogens is 3. The lowest BCUT2D eigenvalue weighted by atomic mass is 9.97. The van der Waals surface area contributed by atoms with Gasteiger partial charge >= 0.3 is 0 Å². The van der Waals surface area contributed by atoms with Gasteiger partial charge in [0.15, 0.2) is 0 Å². The number of nitrogens with two attached hydrogens (primary N) is 1. The van der Waals surface area contributed by atoms with Crippen LogP contribution in [0.2, 0.25) is 0 Å². The van der Waals surface area contributed by atoms with Gasteiger partial charge in [0.05, 0.1) is 11.1 Å². The summed E-state index contributed by atoms with van der Waals surface area (Å²) in [6.45, 7) is 1.63. The van der Waals surface area contributed by atoms with Gasteiger partial charge in [-0.3, -0.25) is 9.59 Å². The monoisotopic (exact) mass is 506 g/mol. The zero-order valence-electron chi connectivity index (χ0n) is 21.4. The number of likely N-dealkylation sites (tertiary alicyclic amines) is 1. The van der Waals surface area contributed by atoms with Crippen LogP contribution < -0.4 is 11.1 Å². The molecule has 2 amide bonds. The van der Waals surface area contributed by atoms with Gasteiger partial charge in [-0.2, -0.15) is 0 Å². The average Bonchev–Trinajstić information content (AvgIpc) is 3.71. The summed E-state index contributed by atoms with van der Waals surface area (Å²) in [5.41, 5.74) is 13.1. The molecule has 192 valence electrons.